The fourth-order valence-corrected chi connectivity index (χ4v) is 0.984. The van der Waals surface area contributed by atoms with Gasteiger partial charge in [-0.2, -0.15) is 11.8 Å². The average Bonchev–Trinajstić information content (AvgIpc) is 2.00. The van der Waals surface area contributed by atoms with Crippen molar-refractivity contribution in [1.29, 1.82) is 0 Å². The first-order chi connectivity index (χ1) is 5.22. The molecule has 0 atom stereocenters. The molecule has 62 valence electrons. The van der Waals surface area contributed by atoms with E-state index >= 15 is 0 Å². The lowest BCUT2D eigenvalue weighted by Crippen LogP contribution is -2.27. The summed E-state index contributed by atoms with van der Waals surface area (Å²) in [5, 5.41) is 0. The Balaban J connectivity index is 3.57. The number of hydrogen-bond donors (Lipinski definition) is 0. The summed E-state index contributed by atoms with van der Waals surface area (Å²) in [6.45, 7) is 0.410. The van der Waals surface area contributed by atoms with Crippen molar-refractivity contribution in [3.63, 3.8) is 0 Å². The number of thioether (sulfide) groups is 1. The summed E-state index contributed by atoms with van der Waals surface area (Å²) in [4.78, 5) is 12.7. The third-order valence-electron chi connectivity index (χ3n) is 1.27. The van der Waals surface area contributed by atoms with Gasteiger partial charge in [-0.25, -0.2) is 0 Å². The van der Waals surface area contributed by atoms with Crippen molar-refractivity contribution in [3.8, 4) is 12.3 Å². The van der Waals surface area contributed by atoms with Gasteiger partial charge in [0.25, 0.3) is 0 Å². The molecule has 0 aliphatic rings. The van der Waals surface area contributed by atoms with E-state index in [1.807, 2.05) is 6.26 Å². The largest absolute Gasteiger partial charge is 0.335 e. The van der Waals surface area contributed by atoms with Gasteiger partial charge in [0.05, 0.1) is 6.54 Å². The second kappa shape index (κ2) is 6.11. The molecule has 0 bridgehead atoms. The maximum absolute atomic E-state index is 11.1. The van der Waals surface area contributed by atoms with Gasteiger partial charge in [0, 0.05) is 19.2 Å². The molecule has 0 aromatic rings. The summed E-state index contributed by atoms with van der Waals surface area (Å²) in [5.74, 6) is 3.41. The highest BCUT2D eigenvalue weighted by Gasteiger charge is 2.04. The molecule has 0 aliphatic carbocycles. The number of hydrogen-bond acceptors (Lipinski definition) is 2. The zero-order valence-corrected chi connectivity index (χ0v) is 7.78. The lowest BCUT2D eigenvalue weighted by molar-refractivity contribution is -0.128. The Morgan fingerprint density at radius 3 is 2.82 bits per heavy atom. The Hall–Kier alpha value is -0.620. The van der Waals surface area contributed by atoms with Gasteiger partial charge >= 0.3 is 0 Å². The zero-order chi connectivity index (χ0) is 8.69. The summed E-state index contributed by atoms with van der Waals surface area (Å²) < 4.78 is 0. The molecule has 0 saturated heterocycles. The molecular weight excluding hydrogens is 158 g/mol. The molecule has 0 aliphatic heterocycles. The number of amides is 1. The molecule has 3 heteroatoms. The Kier molecular flexibility index (Phi) is 5.77. The van der Waals surface area contributed by atoms with E-state index in [4.69, 9.17) is 6.42 Å². The van der Waals surface area contributed by atoms with Gasteiger partial charge in [-0.05, 0) is 6.26 Å². The third kappa shape index (κ3) is 4.74. The molecule has 0 heterocycles. The van der Waals surface area contributed by atoms with E-state index in [0.29, 0.717) is 13.0 Å². The molecule has 0 fully saturated rings. The SMILES string of the molecule is C#CCN(C)C(=O)CCSC. The summed E-state index contributed by atoms with van der Waals surface area (Å²) in [5.41, 5.74) is 0. The Morgan fingerprint density at radius 1 is 1.73 bits per heavy atom. The van der Waals surface area contributed by atoms with Crippen LogP contribution in [0.1, 0.15) is 6.42 Å². The first-order valence-electron chi connectivity index (χ1n) is 3.38. The van der Waals surface area contributed by atoms with Gasteiger partial charge in [-0.3, -0.25) is 4.79 Å². The van der Waals surface area contributed by atoms with Crippen LogP contribution in [0, 0.1) is 12.3 Å². The topological polar surface area (TPSA) is 20.3 Å². The molecule has 2 nitrogen and oxygen atoms in total. The van der Waals surface area contributed by atoms with Crippen molar-refractivity contribution in [2.75, 3.05) is 25.6 Å². The highest BCUT2D eigenvalue weighted by molar-refractivity contribution is 7.98. The third-order valence-corrected chi connectivity index (χ3v) is 1.89. The maximum atomic E-state index is 11.1. The summed E-state index contributed by atoms with van der Waals surface area (Å²) in [6, 6.07) is 0. The van der Waals surface area contributed by atoms with E-state index < -0.39 is 0 Å². The van der Waals surface area contributed by atoms with E-state index in [2.05, 4.69) is 5.92 Å². The van der Waals surface area contributed by atoms with Gasteiger partial charge < -0.3 is 4.90 Å². The number of rotatable bonds is 4. The number of carbonyl (C=O) groups excluding carboxylic acids is 1. The smallest absolute Gasteiger partial charge is 0.223 e. The van der Waals surface area contributed by atoms with Crippen LogP contribution in [0.15, 0.2) is 0 Å². The van der Waals surface area contributed by atoms with Crippen LogP contribution >= 0.6 is 11.8 Å². The van der Waals surface area contributed by atoms with Gasteiger partial charge in [0.15, 0.2) is 0 Å². The van der Waals surface area contributed by atoms with Crippen LogP contribution in [0.2, 0.25) is 0 Å². The highest BCUT2D eigenvalue weighted by atomic mass is 32.2. The van der Waals surface area contributed by atoms with E-state index in [0.717, 1.165) is 5.75 Å². The predicted octanol–water partition coefficient (Wildman–Crippen LogP) is 0.831. The van der Waals surface area contributed by atoms with Crippen LogP contribution in [0.25, 0.3) is 0 Å². The van der Waals surface area contributed by atoms with Crippen molar-refractivity contribution < 1.29 is 4.79 Å². The van der Waals surface area contributed by atoms with Crippen molar-refractivity contribution in [1.82, 2.24) is 4.90 Å². The molecule has 1 amide bonds. The van der Waals surface area contributed by atoms with Crippen LogP contribution in [0.5, 0.6) is 0 Å². The normalized spacial score (nSPS) is 8.82. The van der Waals surface area contributed by atoms with Crippen LogP contribution in [-0.2, 0) is 4.79 Å². The van der Waals surface area contributed by atoms with Crippen molar-refractivity contribution in [3.05, 3.63) is 0 Å². The van der Waals surface area contributed by atoms with Gasteiger partial charge in [-0.1, -0.05) is 5.92 Å². The monoisotopic (exact) mass is 171 g/mol. The Morgan fingerprint density at radius 2 is 2.36 bits per heavy atom. The van der Waals surface area contributed by atoms with E-state index in [9.17, 15) is 4.79 Å². The second-order valence-electron chi connectivity index (χ2n) is 2.20. The molecule has 0 rings (SSSR count). The van der Waals surface area contributed by atoms with E-state index in [-0.39, 0.29) is 5.91 Å². The van der Waals surface area contributed by atoms with Crippen LogP contribution in [0.4, 0.5) is 0 Å². The summed E-state index contributed by atoms with van der Waals surface area (Å²) >= 11 is 1.67. The molecule has 0 radical (unpaired) electrons. The molecular formula is C8H13NOS. The molecule has 0 unspecified atom stereocenters. The molecule has 0 spiro atoms. The fourth-order valence-electron chi connectivity index (χ4n) is 0.605. The average molecular weight is 171 g/mol. The Labute approximate surface area is 72.3 Å². The first kappa shape index (κ1) is 10.4. The second-order valence-corrected chi connectivity index (χ2v) is 3.18. The van der Waals surface area contributed by atoms with Crippen molar-refractivity contribution in [2.45, 2.75) is 6.42 Å². The van der Waals surface area contributed by atoms with Crippen LogP contribution < -0.4 is 0 Å². The lowest BCUT2D eigenvalue weighted by atomic mass is 10.4. The fraction of sp³-hybridized carbons (Fsp3) is 0.625. The van der Waals surface area contributed by atoms with E-state index in [1.54, 1.807) is 23.7 Å². The standard InChI is InChI=1S/C8H13NOS/c1-4-6-9(2)8(10)5-7-11-3/h1H,5-7H2,2-3H3. The Bertz CT molecular complexity index is 162. The van der Waals surface area contributed by atoms with Crippen molar-refractivity contribution in [2.24, 2.45) is 0 Å². The summed E-state index contributed by atoms with van der Waals surface area (Å²) in [6.07, 6.45) is 7.61. The molecule has 11 heavy (non-hydrogen) atoms. The zero-order valence-electron chi connectivity index (χ0n) is 6.96. The first-order valence-corrected chi connectivity index (χ1v) is 4.78. The minimum Gasteiger partial charge on any atom is -0.335 e. The van der Waals surface area contributed by atoms with Gasteiger partial charge in [-0.15, -0.1) is 6.42 Å². The van der Waals surface area contributed by atoms with Crippen molar-refractivity contribution >= 4 is 17.7 Å². The highest BCUT2D eigenvalue weighted by Crippen LogP contribution is 1.98. The molecule has 0 aromatic heterocycles. The minimum atomic E-state index is 0.123. The quantitative estimate of drug-likeness (QED) is 0.584. The molecule has 0 saturated carbocycles. The molecule has 0 N–H and O–H groups in total. The van der Waals surface area contributed by atoms with E-state index in [1.165, 1.54) is 0 Å². The number of carbonyl (C=O) groups is 1. The van der Waals surface area contributed by atoms with Crippen LogP contribution in [0.3, 0.4) is 0 Å². The molecule has 0 aromatic carbocycles. The predicted molar refractivity (Wildman–Crippen MR) is 49.5 cm³/mol. The number of nitrogens with zero attached hydrogens (tertiary/aromatic N) is 1. The number of terminal acetylenes is 1. The maximum Gasteiger partial charge on any atom is 0.223 e. The minimum absolute atomic E-state index is 0.123. The van der Waals surface area contributed by atoms with Gasteiger partial charge in [0.1, 0.15) is 0 Å². The van der Waals surface area contributed by atoms with Crippen LogP contribution in [-0.4, -0.2) is 36.4 Å². The van der Waals surface area contributed by atoms with Gasteiger partial charge in [0.2, 0.25) is 5.91 Å². The lowest BCUT2D eigenvalue weighted by Gasteiger charge is -2.12. The summed E-state index contributed by atoms with van der Waals surface area (Å²) in [7, 11) is 1.72.